The van der Waals surface area contributed by atoms with Crippen molar-refractivity contribution in [2.24, 2.45) is 0 Å². The Hall–Kier alpha value is -3.05. The van der Waals surface area contributed by atoms with E-state index in [4.69, 9.17) is 0 Å². The average molecular weight is 614 g/mol. The Bertz CT molecular complexity index is 1740. The minimum atomic E-state index is -3.43. The summed E-state index contributed by atoms with van der Waals surface area (Å²) in [7, 11) is -10.2. The van der Waals surface area contributed by atoms with Crippen molar-refractivity contribution in [1.82, 2.24) is 4.90 Å². The molecule has 0 amide bonds. The highest BCUT2D eigenvalue weighted by Crippen LogP contribution is 2.29. The third kappa shape index (κ3) is 7.43. The van der Waals surface area contributed by atoms with Gasteiger partial charge in [0.05, 0.1) is 26.2 Å². The van der Waals surface area contributed by atoms with Gasteiger partial charge in [0.1, 0.15) is 0 Å². The van der Waals surface area contributed by atoms with Crippen molar-refractivity contribution in [2.45, 2.75) is 35.0 Å². The first kappa shape index (κ1) is 30.9. The van der Waals surface area contributed by atoms with Gasteiger partial charge in [0.15, 0.2) is 29.5 Å². The normalized spacial score (nSPS) is 14.9. The monoisotopic (exact) mass is 613 g/mol. The Morgan fingerprint density at radius 1 is 0.756 bits per heavy atom. The van der Waals surface area contributed by atoms with Gasteiger partial charge in [-0.1, -0.05) is 62.4 Å². The van der Waals surface area contributed by atoms with E-state index in [2.05, 4.69) is 11.0 Å². The molecule has 0 aromatic heterocycles. The maximum Gasteiger partial charge on any atom is 0.178 e. The van der Waals surface area contributed by atoms with Gasteiger partial charge in [-0.05, 0) is 70.7 Å². The second kappa shape index (κ2) is 12.4. The topological polar surface area (TPSA) is 106 Å². The van der Waals surface area contributed by atoms with Gasteiger partial charge < -0.3 is 0 Å². The molecule has 7 nitrogen and oxygen atoms in total. The largest absolute Gasteiger partial charge is 0.296 e. The summed E-state index contributed by atoms with van der Waals surface area (Å²) >= 11 is 0. The third-order valence-electron chi connectivity index (χ3n) is 7.25. The molecule has 0 fully saturated rings. The fourth-order valence-electron chi connectivity index (χ4n) is 4.74. The second-order valence-electron chi connectivity index (χ2n) is 10.0. The van der Waals surface area contributed by atoms with Crippen LogP contribution in [0, 0.1) is 0 Å². The molecule has 3 aromatic rings. The first-order valence-electron chi connectivity index (χ1n) is 13.4. The lowest BCUT2D eigenvalue weighted by Crippen LogP contribution is -2.28. The van der Waals surface area contributed by atoms with Gasteiger partial charge in [-0.15, -0.1) is 0 Å². The van der Waals surface area contributed by atoms with Crippen LogP contribution in [0.15, 0.2) is 99.6 Å². The van der Waals surface area contributed by atoms with Crippen molar-refractivity contribution in [3.8, 4) is 0 Å². The van der Waals surface area contributed by atoms with Gasteiger partial charge >= 0.3 is 0 Å². The molecule has 0 saturated heterocycles. The SMILES string of the molecule is CCS(=O)(=O)c1cccc(C(=CCN2CC=C(c3cccc(S(C)(=O)=O)c3)CC2)c2cccc(S(=O)(=O)CC)c2)c1. The van der Waals surface area contributed by atoms with Crippen LogP contribution in [0.3, 0.4) is 0 Å². The lowest BCUT2D eigenvalue weighted by Gasteiger charge is -2.26. The highest BCUT2D eigenvalue weighted by Gasteiger charge is 2.18. The Balaban J connectivity index is 1.67. The molecule has 0 unspecified atom stereocenters. The first-order valence-corrected chi connectivity index (χ1v) is 18.6. The average Bonchev–Trinajstić information content (AvgIpc) is 2.97. The van der Waals surface area contributed by atoms with Crippen LogP contribution in [-0.2, 0) is 29.5 Å². The van der Waals surface area contributed by atoms with Gasteiger partial charge in [0.25, 0.3) is 0 Å². The standard InChI is InChI=1S/C31H35NO6S3/c1-4-40(35,36)29-13-7-10-26(22-29)31(27-11-8-14-30(23-27)41(37,38)5-2)17-20-32-18-15-24(16-19-32)25-9-6-12-28(21-25)39(3,33)34/h6-15,17,21-23H,4-5,16,18-20H2,1-3H3. The number of nitrogens with zero attached hydrogens (tertiary/aromatic N) is 1. The number of sulfone groups is 3. The Morgan fingerprint density at radius 3 is 1.78 bits per heavy atom. The molecule has 3 aromatic carbocycles. The molecule has 0 atom stereocenters. The van der Waals surface area contributed by atoms with Crippen molar-refractivity contribution in [3.63, 3.8) is 0 Å². The summed E-state index contributed by atoms with van der Waals surface area (Å²) in [6.07, 6.45) is 6.05. The fraction of sp³-hybridized carbons (Fsp3) is 0.290. The van der Waals surface area contributed by atoms with Crippen LogP contribution in [0.4, 0.5) is 0 Å². The summed E-state index contributed by atoms with van der Waals surface area (Å²) in [5.74, 6) is -0.0372. The van der Waals surface area contributed by atoms with Crippen LogP contribution in [0.25, 0.3) is 11.1 Å². The van der Waals surface area contributed by atoms with Gasteiger partial charge in [0.2, 0.25) is 0 Å². The Morgan fingerprint density at radius 2 is 1.29 bits per heavy atom. The molecular weight excluding hydrogens is 579 g/mol. The van der Waals surface area contributed by atoms with E-state index in [9.17, 15) is 25.3 Å². The Kier molecular flexibility index (Phi) is 9.38. The van der Waals surface area contributed by atoms with Crippen LogP contribution >= 0.6 is 0 Å². The molecule has 1 aliphatic heterocycles. The summed E-state index contributed by atoms with van der Waals surface area (Å²) in [6.45, 7) is 5.16. The van der Waals surface area contributed by atoms with E-state index in [0.29, 0.717) is 29.1 Å². The summed E-state index contributed by atoms with van der Waals surface area (Å²) in [5, 5.41) is 0. The molecular formula is C31H35NO6S3. The summed E-state index contributed by atoms with van der Waals surface area (Å²) in [6, 6.07) is 20.5. The molecule has 1 aliphatic rings. The van der Waals surface area contributed by atoms with Gasteiger partial charge in [0, 0.05) is 25.9 Å². The zero-order chi connectivity index (χ0) is 29.8. The Labute approximate surface area is 244 Å². The van der Waals surface area contributed by atoms with Crippen LogP contribution < -0.4 is 0 Å². The zero-order valence-corrected chi connectivity index (χ0v) is 25.9. The quantitative estimate of drug-likeness (QED) is 0.320. The highest BCUT2D eigenvalue weighted by molar-refractivity contribution is 7.91. The van der Waals surface area contributed by atoms with Crippen molar-refractivity contribution < 1.29 is 25.3 Å². The molecule has 0 aliphatic carbocycles. The molecule has 218 valence electrons. The van der Waals surface area contributed by atoms with Crippen LogP contribution in [0.2, 0.25) is 0 Å². The van der Waals surface area contributed by atoms with E-state index in [1.54, 1.807) is 68.4 Å². The molecule has 41 heavy (non-hydrogen) atoms. The second-order valence-corrected chi connectivity index (χ2v) is 16.6. The van der Waals surface area contributed by atoms with E-state index in [0.717, 1.165) is 29.7 Å². The minimum absolute atomic E-state index is 0.0186. The van der Waals surface area contributed by atoms with E-state index in [1.165, 1.54) is 6.26 Å². The van der Waals surface area contributed by atoms with E-state index < -0.39 is 29.5 Å². The number of hydrogen-bond donors (Lipinski definition) is 0. The zero-order valence-electron chi connectivity index (χ0n) is 23.4. The van der Waals surface area contributed by atoms with Gasteiger partial charge in [-0.3, -0.25) is 4.90 Å². The van der Waals surface area contributed by atoms with Crippen LogP contribution in [0.1, 0.15) is 37.0 Å². The molecule has 1 heterocycles. The number of hydrogen-bond acceptors (Lipinski definition) is 7. The molecule has 0 saturated carbocycles. The van der Waals surface area contributed by atoms with E-state index in [1.807, 2.05) is 24.3 Å². The van der Waals surface area contributed by atoms with Gasteiger partial charge in [-0.2, -0.15) is 0 Å². The smallest absolute Gasteiger partial charge is 0.178 e. The van der Waals surface area contributed by atoms with Gasteiger partial charge in [-0.25, -0.2) is 25.3 Å². The highest BCUT2D eigenvalue weighted by atomic mass is 32.2. The van der Waals surface area contributed by atoms with E-state index in [-0.39, 0.29) is 21.3 Å². The molecule has 0 bridgehead atoms. The lowest BCUT2D eigenvalue weighted by atomic mass is 9.96. The predicted octanol–water partition coefficient (Wildman–Crippen LogP) is 4.90. The van der Waals surface area contributed by atoms with Crippen molar-refractivity contribution in [3.05, 3.63) is 102 Å². The molecule has 0 N–H and O–H groups in total. The maximum absolute atomic E-state index is 12.6. The van der Waals surface area contributed by atoms with Crippen LogP contribution in [-0.4, -0.2) is 67.5 Å². The molecule has 10 heteroatoms. The molecule has 0 spiro atoms. The summed E-state index contributed by atoms with van der Waals surface area (Å²) < 4.78 is 74.5. The molecule has 0 radical (unpaired) electrons. The maximum atomic E-state index is 12.6. The van der Waals surface area contributed by atoms with Crippen molar-refractivity contribution in [2.75, 3.05) is 37.4 Å². The van der Waals surface area contributed by atoms with Crippen molar-refractivity contribution in [1.29, 1.82) is 0 Å². The first-order chi connectivity index (χ1) is 19.3. The number of benzene rings is 3. The minimum Gasteiger partial charge on any atom is -0.296 e. The van der Waals surface area contributed by atoms with Crippen molar-refractivity contribution >= 4 is 40.7 Å². The lowest BCUT2D eigenvalue weighted by molar-refractivity contribution is 0.335. The van der Waals surface area contributed by atoms with Crippen LogP contribution in [0.5, 0.6) is 0 Å². The molecule has 4 rings (SSSR count). The third-order valence-corrected chi connectivity index (χ3v) is 11.8. The van der Waals surface area contributed by atoms with E-state index >= 15 is 0 Å². The predicted molar refractivity (Wildman–Crippen MR) is 164 cm³/mol. The summed E-state index contributed by atoms with van der Waals surface area (Å²) in [5.41, 5.74) is 4.12. The fourth-order valence-corrected chi connectivity index (χ4v) is 7.25. The number of rotatable bonds is 10. The summed E-state index contributed by atoms with van der Waals surface area (Å²) in [4.78, 5) is 2.97.